The average Bonchev–Trinajstić information content (AvgIpc) is 2.66. The zero-order valence-electron chi connectivity index (χ0n) is 15.2. The van der Waals surface area contributed by atoms with Crippen LogP contribution in [-0.2, 0) is 11.3 Å². The van der Waals surface area contributed by atoms with Gasteiger partial charge in [-0.15, -0.1) is 0 Å². The number of anilines is 1. The number of nitrogens with zero attached hydrogens (tertiary/aromatic N) is 2. The number of halogens is 1. The molecule has 138 valence electrons. The van der Waals surface area contributed by atoms with Gasteiger partial charge in [0.1, 0.15) is 0 Å². The molecule has 3 rings (SSSR count). The Bertz CT molecular complexity index is 742. The maximum atomic E-state index is 12.1. The van der Waals surface area contributed by atoms with E-state index < -0.39 is 0 Å². The molecular formula is C21H26ClN3O. The Morgan fingerprint density at radius 2 is 1.85 bits per heavy atom. The number of amides is 1. The first-order valence-electron chi connectivity index (χ1n) is 9.16. The predicted molar refractivity (Wildman–Crippen MR) is 108 cm³/mol. The number of benzene rings is 2. The van der Waals surface area contributed by atoms with Crippen LogP contribution < -0.4 is 10.2 Å². The normalized spacial score (nSPS) is 15.1. The van der Waals surface area contributed by atoms with Gasteiger partial charge in [0.05, 0.1) is 0 Å². The van der Waals surface area contributed by atoms with Crippen LogP contribution in [0.2, 0.25) is 5.02 Å². The van der Waals surface area contributed by atoms with E-state index in [1.807, 2.05) is 30.3 Å². The third-order valence-corrected chi connectivity index (χ3v) is 5.17. The van der Waals surface area contributed by atoms with Gasteiger partial charge in [-0.2, -0.15) is 0 Å². The standard InChI is InChI=1S/C21H26ClN3O/c1-17-5-2-3-6-18(17)16-23-21(26)9-10-24-11-13-25(14-12-24)20-8-4-7-19(22)15-20/h2-8,15H,9-14,16H2,1H3,(H,23,26). The molecule has 1 fully saturated rings. The van der Waals surface area contributed by atoms with Crippen LogP contribution in [0.25, 0.3) is 0 Å². The van der Waals surface area contributed by atoms with Crippen LogP contribution in [0.1, 0.15) is 17.5 Å². The number of piperazine rings is 1. The van der Waals surface area contributed by atoms with E-state index in [2.05, 4.69) is 40.2 Å². The lowest BCUT2D eigenvalue weighted by molar-refractivity contribution is -0.121. The average molecular weight is 372 g/mol. The summed E-state index contributed by atoms with van der Waals surface area (Å²) in [6, 6.07) is 16.2. The Labute approximate surface area is 160 Å². The summed E-state index contributed by atoms with van der Waals surface area (Å²) in [5, 5.41) is 3.80. The van der Waals surface area contributed by atoms with Gasteiger partial charge >= 0.3 is 0 Å². The zero-order chi connectivity index (χ0) is 18.4. The molecule has 1 aliphatic rings. The second-order valence-electron chi connectivity index (χ2n) is 6.76. The van der Waals surface area contributed by atoms with Gasteiger partial charge in [-0.05, 0) is 36.2 Å². The van der Waals surface area contributed by atoms with Crippen molar-refractivity contribution in [2.45, 2.75) is 19.9 Å². The fourth-order valence-electron chi connectivity index (χ4n) is 3.25. The third kappa shape index (κ3) is 5.23. The molecule has 2 aromatic rings. The highest BCUT2D eigenvalue weighted by atomic mass is 35.5. The summed E-state index contributed by atoms with van der Waals surface area (Å²) in [5.74, 6) is 0.116. The molecule has 0 spiro atoms. The van der Waals surface area contributed by atoms with Crippen LogP contribution in [-0.4, -0.2) is 43.5 Å². The van der Waals surface area contributed by atoms with Crippen LogP contribution in [0.3, 0.4) is 0 Å². The van der Waals surface area contributed by atoms with Crippen LogP contribution in [0, 0.1) is 6.92 Å². The lowest BCUT2D eigenvalue weighted by atomic mass is 10.1. The quantitative estimate of drug-likeness (QED) is 0.844. The summed E-state index contributed by atoms with van der Waals surface area (Å²) >= 11 is 6.08. The first-order chi connectivity index (χ1) is 12.6. The van der Waals surface area contributed by atoms with E-state index in [0.29, 0.717) is 13.0 Å². The molecule has 0 radical (unpaired) electrons. The summed E-state index contributed by atoms with van der Waals surface area (Å²) in [7, 11) is 0. The minimum absolute atomic E-state index is 0.116. The van der Waals surface area contributed by atoms with Crippen molar-refractivity contribution in [2.24, 2.45) is 0 Å². The van der Waals surface area contributed by atoms with E-state index >= 15 is 0 Å². The number of hydrogen-bond donors (Lipinski definition) is 1. The number of rotatable bonds is 6. The van der Waals surface area contributed by atoms with Crippen molar-refractivity contribution in [1.82, 2.24) is 10.2 Å². The highest BCUT2D eigenvalue weighted by Crippen LogP contribution is 2.20. The summed E-state index contributed by atoms with van der Waals surface area (Å²) in [6.07, 6.45) is 0.545. The molecule has 0 atom stereocenters. The molecule has 1 saturated heterocycles. The highest BCUT2D eigenvalue weighted by Gasteiger charge is 2.18. The van der Waals surface area contributed by atoms with Gasteiger partial charge in [-0.1, -0.05) is 41.9 Å². The first kappa shape index (κ1) is 18.7. The van der Waals surface area contributed by atoms with E-state index in [9.17, 15) is 4.79 Å². The van der Waals surface area contributed by atoms with Gasteiger partial charge in [-0.3, -0.25) is 9.69 Å². The summed E-state index contributed by atoms with van der Waals surface area (Å²) < 4.78 is 0. The van der Waals surface area contributed by atoms with Gasteiger partial charge in [0, 0.05) is 56.4 Å². The van der Waals surface area contributed by atoms with E-state index in [1.165, 1.54) is 16.8 Å². The van der Waals surface area contributed by atoms with Gasteiger partial charge in [0.25, 0.3) is 0 Å². The Balaban J connectivity index is 1.38. The molecule has 0 aromatic heterocycles. The van der Waals surface area contributed by atoms with Crippen LogP contribution in [0.15, 0.2) is 48.5 Å². The van der Waals surface area contributed by atoms with Crippen molar-refractivity contribution < 1.29 is 4.79 Å². The SMILES string of the molecule is Cc1ccccc1CNC(=O)CCN1CCN(c2cccc(Cl)c2)CC1. The number of carbonyl (C=O) groups is 1. The van der Waals surface area contributed by atoms with Crippen molar-refractivity contribution in [1.29, 1.82) is 0 Å². The Hall–Kier alpha value is -2.04. The van der Waals surface area contributed by atoms with Crippen molar-refractivity contribution in [3.8, 4) is 0 Å². The smallest absolute Gasteiger partial charge is 0.221 e. The van der Waals surface area contributed by atoms with Crippen molar-refractivity contribution >= 4 is 23.2 Å². The van der Waals surface area contributed by atoms with E-state index in [1.54, 1.807) is 0 Å². The van der Waals surface area contributed by atoms with Gasteiger partial charge in [0.15, 0.2) is 0 Å². The lowest BCUT2D eigenvalue weighted by Crippen LogP contribution is -2.47. The third-order valence-electron chi connectivity index (χ3n) is 4.94. The monoisotopic (exact) mass is 371 g/mol. The largest absolute Gasteiger partial charge is 0.369 e. The molecule has 4 nitrogen and oxygen atoms in total. The second-order valence-corrected chi connectivity index (χ2v) is 7.20. The fourth-order valence-corrected chi connectivity index (χ4v) is 3.44. The van der Waals surface area contributed by atoms with Gasteiger partial charge in [0.2, 0.25) is 5.91 Å². The van der Waals surface area contributed by atoms with E-state index in [0.717, 1.165) is 37.7 Å². The molecule has 1 heterocycles. The summed E-state index contributed by atoms with van der Waals surface area (Å²) in [4.78, 5) is 16.8. The Morgan fingerprint density at radius 1 is 1.08 bits per heavy atom. The molecule has 1 aliphatic heterocycles. The van der Waals surface area contributed by atoms with Crippen molar-refractivity contribution in [3.63, 3.8) is 0 Å². The van der Waals surface area contributed by atoms with Gasteiger partial charge < -0.3 is 10.2 Å². The second kappa shape index (κ2) is 9.06. The summed E-state index contributed by atoms with van der Waals surface area (Å²) in [5.41, 5.74) is 3.56. The molecule has 26 heavy (non-hydrogen) atoms. The number of aryl methyl sites for hydroxylation is 1. The van der Waals surface area contributed by atoms with Crippen LogP contribution in [0.4, 0.5) is 5.69 Å². The fraction of sp³-hybridized carbons (Fsp3) is 0.381. The van der Waals surface area contributed by atoms with Crippen molar-refractivity contribution in [2.75, 3.05) is 37.6 Å². The molecule has 5 heteroatoms. The first-order valence-corrected chi connectivity index (χ1v) is 9.54. The molecule has 1 N–H and O–H groups in total. The zero-order valence-corrected chi connectivity index (χ0v) is 16.0. The molecule has 1 amide bonds. The predicted octanol–water partition coefficient (Wildman–Crippen LogP) is 3.48. The van der Waals surface area contributed by atoms with E-state index in [-0.39, 0.29) is 5.91 Å². The lowest BCUT2D eigenvalue weighted by Gasteiger charge is -2.36. The van der Waals surface area contributed by atoms with Gasteiger partial charge in [-0.25, -0.2) is 0 Å². The highest BCUT2D eigenvalue weighted by molar-refractivity contribution is 6.30. The number of hydrogen-bond acceptors (Lipinski definition) is 3. The topological polar surface area (TPSA) is 35.6 Å². The maximum absolute atomic E-state index is 12.1. The molecule has 0 aliphatic carbocycles. The van der Waals surface area contributed by atoms with Crippen molar-refractivity contribution in [3.05, 3.63) is 64.7 Å². The molecule has 0 unspecified atom stereocenters. The molecular weight excluding hydrogens is 346 g/mol. The minimum atomic E-state index is 0.116. The molecule has 0 bridgehead atoms. The number of carbonyl (C=O) groups excluding carboxylic acids is 1. The Morgan fingerprint density at radius 3 is 2.58 bits per heavy atom. The number of nitrogens with one attached hydrogen (secondary N) is 1. The minimum Gasteiger partial charge on any atom is -0.369 e. The van der Waals surface area contributed by atoms with Crippen LogP contribution >= 0.6 is 11.6 Å². The molecule has 0 saturated carbocycles. The van der Waals surface area contributed by atoms with E-state index in [4.69, 9.17) is 11.6 Å². The Kier molecular flexibility index (Phi) is 6.53. The maximum Gasteiger partial charge on any atom is 0.221 e. The van der Waals surface area contributed by atoms with Crippen LogP contribution in [0.5, 0.6) is 0 Å². The summed E-state index contributed by atoms with van der Waals surface area (Å²) in [6.45, 7) is 7.35. The molecule has 2 aromatic carbocycles.